The minimum Gasteiger partial charge on any atom is -0.497 e. The average molecular weight is 642 g/mol. The fourth-order valence-electron chi connectivity index (χ4n) is 5.72. The Morgan fingerprint density at radius 1 is 0.891 bits per heavy atom. The van der Waals surface area contributed by atoms with Crippen LogP contribution in [0.15, 0.2) is 78.0 Å². The third-order valence-electron chi connectivity index (χ3n) is 8.38. The number of methoxy groups -OCH3 is 2. The molecule has 1 aliphatic heterocycles. The summed E-state index contributed by atoms with van der Waals surface area (Å²) in [4.78, 5) is 30.5. The first-order valence-electron chi connectivity index (χ1n) is 16.0. The number of nitrogens with zero attached hydrogens (tertiary/aromatic N) is 5. The van der Waals surface area contributed by atoms with Crippen molar-refractivity contribution >= 4 is 23.6 Å². The fraction of sp³-hybridized carbons (Fsp3) is 0.389. The first-order chi connectivity index (χ1) is 22.4. The number of carbonyl (C=O) groups is 2. The molecule has 1 unspecified atom stereocenters. The van der Waals surface area contributed by atoms with Gasteiger partial charge in [-0.3, -0.25) is 14.2 Å². The third kappa shape index (κ3) is 7.91. The first kappa shape index (κ1) is 33.1. The molecule has 46 heavy (non-hydrogen) atoms. The summed E-state index contributed by atoms with van der Waals surface area (Å²) < 4.78 is 12.7. The quantitative estimate of drug-likeness (QED) is 0.121. The van der Waals surface area contributed by atoms with Crippen LogP contribution in [0.3, 0.4) is 0 Å². The van der Waals surface area contributed by atoms with E-state index in [-0.39, 0.29) is 23.6 Å². The summed E-state index contributed by atoms with van der Waals surface area (Å²) in [6, 6.07) is 23.3. The van der Waals surface area contributed by atoms with Gasteiger partial charge in [0, 0.05) is 42.5 Å². The van der Waals surface area contributed by atoms with Gasteiger partial charge >= 0.3 is 0 Å². The molecule has 0 radical (unpaired) electrons. The van der Waals surface area contributed by atoms with Gasteiger partial charge in [-0.1, -0.05) is 62.2 Å². The number of piperazine rings is 1. The van der Waals surface area contributed by atoms with Gasteiger partial charge in [-0.15, -0.1) is 10.2 Å². The fourth-order valence-corrected chi connectivity index (χ4v) is 6.57. The minimum absolute atomic E-state index is 0.00332. The lowest BCUT2D eigenvalue weighted by molar-refractivity contribution is -0.130. The number of hydrogen-bond acceptors (Lipinski definition) is 7. The summed E-state index contributed by atoms with van der Waals surface area (Å²) in [7, 11) is 3.26. The van der Waals surface area contributed by atoms with E-state index in [4.69, 9.17) is 9.47 Å². The lowest BCUT2D eigenvalue weighted by Crippen LogP contribution is -2.55. The molecular weight excluding hydrogens is 598 g/mol. The highest BCUT2D eigenvalue weighted by Gasteiger charge is 2.30. The number of aromatic nitrogens is 3. The Bertz CT molecular complexity index is 1610. The Hall–Kier alpha value is -4.31. The van der Waals surface area contributed by atoms with Crippen molar-refractivity contribution < 1.29 is 19.1 Å². The van der Waals surface area contributed by atoms with E-state index in [0.29, 0.717) is 41.9 Å². The maximum Gasteiger partial charge on any atom is 0.254 e. The third-order valence-corrected chi connectivity index (χ3v) is 9.29. The molecule has 2 heterocycles. The van der Waals surface area contributed by atoms with Crippen LogP contribution in [0.25, 0.3) is 17.1 Å². The van der Waals surface area contributed by atoms with Crippen LogP contribution in [0.5, 0.6) is 11.5 Å². The van der Waals surface area contributed by atoms with E-state index in [9.17, 15) is 9.59 Å². The van der Waals surface area contributed by atoms with E-state index in [1.807, 2.05) is 82.0 Å². The van der Waals surface area contributed by atoms with E-state index in [1.54, 1.807) is 14.2 Å². The largest absolute Gasteiger partial charge is 0.497 e. The van der Waals surface area contributed by atoms with Gasteiger partial charge in [0.1, 0.15) is 11.5 Å². The number of thioether (sulfide) groups is 1. The van der Waals surface area contributed by atoms with E-state index < -0.39 is 0 Å². The van der Waals surface area contributed by atoms with Gasteiger partial charge < -0.3 is 19.3 Å². The molecule has 0 bridgehead atoms. The number of ether oxygens (including phenoxy) is 2. The number of rotatable bonds is 13. The molecule has 1 aliphatic rings. The summed E-state index contributed by atoms with van der Waals surface area (Å²) in [5, 5.41) is 9.59. The molecule has 1 fully saturated rings. The van der Waals surface area contributed by atoms with Crippen molar-refractivity contribution in [3.05, 3.63) is 83.9 Å². The van der Waals surface area contributed by atoms with E-state index in [2.05, 4.69) is 29.3 Å². The molecule has 1 saturated heterocycles. The Morgan fingerprint density at radius 2 is 1.65 bits per heavy atom. The Kier molecular flexibility index (Phi) is 11.4. The van der Waals surface area contributed by atoms with Gasteiger partial charge in [0.2, 0.25) is 5.91 Å². The van der Waals surface area contributed by atoms with Crippen LogP contribution in [0.4, 0.5) is 0 Å². The monoisotopic (exact) mass is 641 g/mol. The predicted molar refractivity (Wildman–Crippen MR) is 182 cm³/mol. The molecule has 2 amide bonds. The van der Waals surface area contributed by atoms with Crippen LogP contribution in [0.1, 0.15) is 55.5 Å². The van der Waals surface area contributed by atoms with Crippen molar-refractivity contribution in [2.45, 2.75) is 57.1 Å². The molecule has 0 N–H and O–H groups in total. The predicted octanol–water partition coefficient (Wildman–Crippen LogP) is 6.54. The number of aryl methyl sites for hydroxylation is 1. The second kappa shape index (κ2) is 15.8. The lowest BCUT2D eigenvalue weighted by Gasteiger charge is -2.40. The van der Waals surface area contributed by atoms with Gasteiger partial charge in [-0.2, -0.15) is 0 Å². The maximum atomic E-state index is 13.4. The zero-order valence-corrected chi connectivity index (χ0v) is 28.0. The Labute approximate surface area is 275 Å². The molecule has 5 rings (SSSR count). The maximum absolute atomic E-state index is 13.4. The average Bonchev–Trinajstić information content (AvgIpc) is 3.53. The van der Waals surface area contributed by atoms with Crippen LogP contribution in [0, 0.1) is 0 Å². The summed E-state index contributed by atoms with van der Waals surface area (Å²) in [6.07, 6.45) is 5.95. The SMILES string of the molecule is CCCCCCc1ccc(C(=O)N2CCN(C(=O)CSc3nnc(-c4cccc(OC)c4)n3-c3ccc(OC)cc3)CC2C)cc1. The normalized spacial score (nSPS) is 14.7. The second-order valence-corrected chi connectivity index (χ2v) is 12.5. The first-order valence-corrected chi connectivity index (χ1v) is 16.9. The lowest BCUT2D eigenvalue weighted by atomic mass is 10.0. The van der Waals surface area contributed by atoms with Crippen molar-refractivity contribution in [1.82, 2.24) is 24.6 Å². The minimum atomic E-state index is -0.0912. The van der Waals surface area contributed by atoms with Gasteiger partial charge in [-0.25, -0.2) is 0 Å². The Morgan fingerprint density at radius 3 is 2.35 bits per heavy atom. The van der Waals surface area contributed by atoms with Crippen molar-refractivity contribution in [3.63, 3.8) is 0 Å². The number of unbranched alkanes of at least 4 members (excludes halogenated alkanes) is 3. The molecule has 9 nitrogen and oxygen atoms in total. The molecule has 242 valence electrons. The van der Waals surface area contributed by atoms with Gasteiger partial charge in [0.05, 0.1) is 20.0 Å². The van der Waals surface area contributed by atoms with Crippen LogP contribution in [0.2, 0.25) is 0 Å². The molecule has 3 aromatic carbocycles. The van der Waals surface area contributed by atoms with Crippen molar-refractivity contribution in [3.8, 4) is 28.6 Å². The highest BCUT2D eigenvalue weighted by atomic mass is 32.2. The zero-order valence-electron chi connectivity index (χ0n) is 27.1. The molecule has 0 saturated carbocycles. The molecule has 1 aromatic heterocycles. The van der Waals surface area contributed by atoms with Crippen molar-refractivity contribution in [2.24, 2.45) is 0 Å². The summed E-state index contributed by atoms with van der Waals surface area (Å²) in [5.74, 6) is 2.32. The van der Waals surface area contributed by atoms with Gasteiger partial charge in [0.25, 0.3) is 5.91 Å². The molecule has 1 atom stereocenters. The van der Waals surface area contributed by atoms with Crippen molar-refractivity contribution in [2.75, 3.05) is 39.6 Å². The number of carbonyl (C=O) groups excluding carboxylic acids is 2. The summed E-state index contributed by atoms with van der Waals surface area (Å²) >= 11 is 1.35. The summed E-state index contributed by atoms with van der Waals surface area (Å²) in [5.41, 5.74) is 3.66. The zero-order chi connectivity index (χ0) is 32.5. The highest BCUT2D eigenvalue weighted by Crippen LogP contribution is 2.31. The van der Waals surface area contributed by atoms with E-state index >= 15 is 0 Å². The standard InChI is InChI=1S/C36H43N5O4S/c1-5-6-7-8-10-27-13-15-28(16-14-27)35(43)40-22-21-39(24-26(40)2)33(42)25-46-36-38-37-34(29-11-9-12-32(23-29)45-4)41(36)30-17-19-31(44-3)20-18-30/h9,11-20,23,26H,5-8,10,21-22,24-25H2,1-4H3. The molecule has 0 spiro atoms. The molecule has 4 aromatic rings. The number of benzene rings is 3. The van der Waals surface area contributed by atoms with Crippen LogP contribution >= 0.6 is 11.8 Å². The van der Waals surface area contributed by atoms with Gasteiger partial charge in [-0.05, 0) is 73.9 Å². The van der Waals surface area contributed by atoms with Gasteiger partial charge in [0.15, 0.2) is 11.0 Å². The van der Waals surface area contributed by atoms with E-state index in [0.717, 1.165) is 23.4 Å². The molecule has 10 heteroatoms. The topological polar surface area (TPSA) is 89.8 Å². The molecular formula is C36H43N5O4S. The van der Waals surface area contributed by atoms with Crippen LogP contribution < -0.4 is 9.47 Å². The number of hydrogen-bond donors (Lipinski definition) is 0. The molecule has 0 aliphatic carbocycles. The smallest absolute Gasteiger partial charge is 0.254 e. The van der Waals surface area contributed by atoms with Crippen molar-refractivity contribution in [1.29, 1.82) is 0 Å². The van der Waals surface area contributed by atoms with Crippen LogP contribution in [-0.2, 0) is 11.2 Å². The highest BCUT2D eigenvalue weighted by molar-refractivity contribution is 7.99. The second-order valence-electron chi connectivity index (χ2n) is 11.6. The Balaban J connectivity index is 1.23. The summed E-state index contributed by atoms with van der Waals surface area (Å²) in [6.45, 7) is 5.70. The van der Waals surface area contributed by atoms with Crippen LogP contribution in [-0.4, -0.2) is 82.0 Å². The van der Waals surface area contributed by atoms with E-state index in [1.165, 1.54) is 43.0 Å². The number of amides is 2.